The molecule has 6 atom stereocenters. The smallest absolute Gasteiger partial charge is 0.408 e. The lowest BCUT2D eigenvalue weighted by Gasteiger charge is -2.33. The predicted molar refractivity (Wildman–Crippen MR) is 262 cm³/mol. The Hall–Kier alpha value is -5.15. The molecule has 3 aromatic heterocycles. The summed E-state index contributed by atoms with van der Waals surface area (Å²) in [5.41, 5.74) is 6.56. The van der Waals surface area contributed by atoms with E-state index >= 15 is 0 Å². The first-order valence-electron chi connectivity index (χ1n) is 23.4. The van der Waals surface area contributed by atoms with Gasteiger partial charge in [-0.05, 0) is 81.9 Å². The van der Waals surface area contributed by atoms with Gasteiger partial charge < -0.3 is 45.4 Å². The van der Waals surface area contributed by atoms with Crippen molar-refractivity contribution in [2.45, 2.75) is 131 Å². The number of carbonyl (C=O) groups is 4. The van der Waals surface area contributed by atoms with Crippen molar-refractivity contribution in [2.24, 2.45) is 17.6 Å². The number of aliphatic carboxylic acids is 1. The number of rotatable bonds is 23. The number of allylic oxidation sites excluding steroid dienone is 1. The van der Waals surface area contributed by atoms with Crippen molar-refractivity contribution in [2.75, 3.05) is 32.6 Å². The van der Waals surface area contributed by atoms with Crippen LogP contribution in [0.15, 0.2) is 63.5 Å². The normalized spacial score (nSPS) is 21.8. The highest BCUT2D eigenvalue weighted by atomic mass is 32.2. The topological polar surface area (TPSA) is 233 Å². The first kappa shape index (κ1) is 50.7. The number of nitrogens with two attached hydrogens (primary N) is 1. The number of aromatic nitrogens is 2. The van der Waals surface area contributed by atoms with Gasteiger partial charge in [-0.2, -0.15) is 4.31 Å². The maximum Gasteiger partial charge on any atom is 0.408 e. The highest BCUT2D eigenvalue weighted by Crippen LogP contribution is 2.42. The molecule has 4 heterocycles. The number of likely N-dealkylation sites (N-methyl/N-ethyl adjacent to an activating group) is 1. The molecule has 3 aliphatic rings. The largest absolute Gasteiger partial charge is 0.497 e. The summed E-state index contributed by atoms with van der Waals surface area (Å²) in [5.74, 6) is -0.649. The molecule has 1 aliphatic heterocycles. The lowest BCUT2D eigenvalue weighted by Crippen LogP contribution is -2.52. The van der Waals surface area contributed by atoms with E-state index < -0.39 is 57.8 Å². The third-order valence-electron chi connectivity index (χ3n) is 13.0. The van der Waals surface area contributed by atoms with Crippen molar-refractivity contribution < 1.29 is 46.9 Å². The molecule has 2 amide bonds. The van der Waals surface area contributed by atoms with E-state index in [0.717, 1.165) is 61.3 Å². The van der Waals surface area contributed by atoms with Crippen LogP contribution < -0.4 is 25.8 Å². The second-order valence-electron chi connectivity index (χ2n) is 18.4. The summed E-state index contributed by atoms with van der Waals surface area (Å²) in [5, 5.41) is 20.6. The summed E-state index contributed by atoms with van der Waals surface area (Å²) in [4.78, 5) is 64.0. The molecule has 0 spiro atoms. The van der Waals surface area contributed by atoms with Gasteiger partial charge in [0.15, 0.2) is 5.13 Å². The Bertz CT molecular complexity index is 2530. The fourth-order valence-electron chi connectivity index (χ4n) is 9.02. The van der Waals surface area contributed by atoms with Crippen molar-refractivity contribution >= 4 is 73.0 Å². The van der Waals surface area contributed by atoms with Gasteiger partial charge in [0.1, 0.15) is 51.5 Å². The lowest BCUT2D eigenvalue weighted by molar-refractivity contribution is -0.140. The maximum atomic E-state index is 14.7. The van der Waals surface area contributed by atoms with Crippen LogP contribution in [0.3, 0.4) is 0 Å². The number of alkyl carbamates (subject to hydrolysis) is 1. The highest BCUT2D eigenvalue weighted by molar-refractivity contribution is 7.91. The van der Waals surface area contributed by atoms with E-state index in [1.54, 1.807) is 24.6 Å². The SMILES string of the molecule is COc1ccc2c(O[C@@H]3C[C@@H](C=O)N(C(=O)[C@H](CCCCC/C=C\C4C[C@]4(N)C(=O)O)NC(=O)OC(CN(C)S(=O)(=O)c4cccs4)C4CCCCC4)C3)cc(-c3csc(NC(C)C)n3)nc2c1. The summed E-state index contributed by atoms with van der Waals surface area (Å²) in [6, 6.07) is 8.77. The minimum absolute atomic E-state index is 0.0575. The van der Waals surface area contributed by atoms with Gasteiger partial charge in [0.05, 0.1) is 37.5 Å². The van der Waals surface area contributed by atoms with Crippen LogP contribution in [0, 0.1) is 11.8 Å². The Balaban J connectivity index is 1.08. The van der Waals surface area contributed by atoms with Gasteiger partial charge >= 0.3 is 12.1 Å². The van der Waals surface area contributed by atoms with E-state index in [1.807, 2.05) is 55.6 Å². The van der Waals surface area contributed by atoms with Gasteiger partial charge in [0, 0.05) is 48.3 Å². The van der Waals surface area contributed by atoms with Crippen LogP contribution in [-0.2, 0) is 29.1 Å². The number of methoxy groups -OCH3 is 1. The number of carboxylic acid groups (broad SMARTS) is 1. The number of likely N-dealkylation sites (tertiary alicyclic amines) is 1. The van der Waals surface area contributed by atoms with Gasteiger partial charge in [-0.1, -0.05) is 50.3 Å². The number of nitrogens with one attached hydrogen (secondary N) is 2. The van der Waals surface area contributed by atoms with Crippen molar-refractivity contribution in [1.82, 2.24) is 24.5 Å². The predicted octanol–water partition coefficient (Wildman–Crippen LogP) is 7.47. The molecule has 7 rings (SSSR count). The molecule has 0 radical (unpaired) electrons. The van der Waals surface area contributed by atoms with Crippen molar-refractivity contribution in [3.63, 3.8) is 0 Å². The number of unbranched alkanes of at least 4 members (excludes halogenated alkanes) is 3. The van der Waals surface area contributed by atoms with Crippen molar-refractivity contribution in [3.05, 3.63) is 59.3 Å². The molecule has 1 aromatic carbocycles. The summed E-state index contributed by atoms with van der Waals surface area (Å²) >= 11 is 2.58. The van der Waals surface area contributed by atoms with Crippen LogP contribution in [0.25, 0.3) is 22.3 Å². The maximum absolute atomic E-state index is 14.7. The number of anilines is 1. The molecule has 2 saturated carbocycles. The van der Waals surface area contributed by atoms with Crippen LogP contribution in [0.2, 0.25) is 0 Å². The number of fused-ring (bicyclic) bond motifs is 1. The number of ether oxygens (including phenoxy) is 3. The Kier molecular flexibility index (Phi) is 16.8. The Morgan fingerprint density at radius 1 is 1.07 bits per heavy atom. The lowest BCUT2D eigenvalue weighted by atomic mass is 9.85. The number of hydrogen-bond donors (Lipinski definition) is 4. The molecule has 0 bridgehead atoms. The molecule has 17 nitrogen and oxygen atoms in total. The molecule has 4 aromatic rings. The highest BCUT2D eigenvalue weighted by Gasteiger charge is 2.56. The zero-order valence-electron chi connectivity index (χ0n) is 39.0. The van der Waals surface area contributed by atoms with E-state index in [-0.39, 0.29) is 48.0 Å². The minimum Gasteiger partial charge on any atom is -0.497 e. The third kappa shape index (κ3) is 12.3. The number of carboxylic acids is 1. The number of nitrogens with zero attached hydrogens (tertiary/aromatic N) is 4. The Morgan fingerprint density at radius 3 is 2.56 bits per heavy atom. The van der Waals surface area contributed by atoms with Crippen LogP contribution >= 0.6 is 22.7 Å². The number of carbonyl (C=O) groups excluding carboxylic acids is 3. The number of hydrogen-bond acceptors (Lipinski definition) is 15. The number of thiazole rings is 1. The van der Waals surface area contributed by atoms with E-state index in [0.29, 0.717) is 59.5 Å². The number of sulfonamides is 1. The summed E-state index contributed by atoms with van der Waals surface area (Å²) < 4.78 is 46.6. The molecule has 68 heavy (non-hydrogen) atoms. The van der Waals surface area contributed by atoms with Crippen LogP contribution in [0.4, 0.5) is 9.93 Å². The van der Waals surface area contributed by atoms with Crippen LogP contribution in [0.1, 0.15) is 90.9 Å². The molecular weight excluding hydrogens is 931 g/mol. The van der Waals surface area contributed by atoms with E-state index in [2.05, 4.69) is 10.6 Å². The molecule has 3 fully saturated rings. The fraction of sp³-hybridized carbons (Fsp3) is 0.542. The van der Waals surface area contributed by atoms with Gasteiger partial charge in [0.2, 0.25) is 5.91 Å². The monoisotopic (exact) mass is 993 g/mol. The second kappa shape index (κ2) is 22.5. The molecule has 2 unspecified atom stereocenters. The number of pyridine rings is 1. The minimum atomic E-state index is -3.83. The molecule has 2 aliphatic carbocycles. The second-order valence-corrected chi connectivity index (χ2v) is 22.5. The van der Waals surface area contributed by atoms with Crippen LogP contribution in [0.5, 0.6) is 11.5 Å². The average Bonchev–Trinajstić information content (AvgIpc) is 3.82. The molecule has 1 saturated heterocycles. The standard InChI is InChI=1S/C48H63N7O10S3/c1-30(2)50-46-52-40(29-67-46)39-24-41(36-20-19-34(63-4)23-38(36)51-39)64-35-22-33(28-56)55(26-35)44(57)37(17-12-7-5-6-11-16-32-25-48(32,49)45(58)59)53-47(60)65-42(31-14-9-8-10-15-31)27-54(3)68(61,62)43-18-13-21-66-43/h11,13,16,18-21,23-24,28-33,35,37,42H,5-10,12,14-15,17,22,25-27,49H2,1-4H3,(H,50,52)(H,53,60)(H,58,59)/b16-11-/t32?,33-,35+,37-,42?,48+/m0/s1. The number of thiophene rings is 1. The first-order chi connectivity index (χ1) is 32.6. The van der Waals surface area contributed by atoms with Gasteiger partial charge in [-0.15, -0.1) is 22.7 Å². The molecule has 5 N–H and O–H groups in total. The summed E-state index contributed by atoms with van der Waals surface area (Å²) in [6.45, 7) is 4.07. The number of aldehydes is 1. The zero-order chi connectivity index (χ0) is 48.6. The quantitative estimate of drug-likeness (QED) is 0.0321. The van der Waals surface area contributed by atoms with E-state index in [9.17, 15) is 32.7 Å². The van der Waals surface area contributed by atoms with Gasteiger partial charge in [-0.25, -0.2) is 23.2 Å². The zero-order valence-corrected chi connectivity index (χ0v) is 41.5. The number of benzene rings is 1. The fourth-order valence-corrected chi connectivity index (χ4v) is 12.3. The van der Waals surface area contributed by atoms with Crippen molar-refractivity contribution in [1.29, 1.82) is 0 Å². The van der Waals surface area contributed by atoms with E-state index in [1.165, 1.54) is 27.6 Å². The Labute approximate surface area is 405 Å². The molecule has 368 valence electrons. The van der Waals surface area contributed by atoms with Gasteiger partial charge in [-0.3, -0.25) is 9.59 Å². The molecular formula is C48H63N7O10S3. The third-order valence-corrected chi connectivity index (χ3v) is 17.0. The van der Waals surface area contributed by atoms with Crippen molar-refractivity contribution in [3.8, 4) is 22.9 Å². The summed E-state index contributed by atoms with van der Waals surface area (Å²) in [7, 11) is -0.775. The number of amides is 2. The summed E-state index contributed by atoms with van der Waals surface area (Å²) in [6.07, 6.45) is 10.2. The van der Waals surface area contributed by atoms with Gasteiger partial charge in [0.25, 0.3) is 10.0 Å². The first-order valence-corrected chi connectivity index (χ1v) is 26.6. The van der Waals surface area contributed by atoms with E-state index in [4.69, 9.17) is 29.9 Å². The van der Waals surface area contributed by atoms with Crippen LogP contribution in [-0.4, -0.2) is 120 Å². The Morgan fingerprint density at radius 2 is 1.87 bits per heavy atom. The average molecular weight is 994 g/mol. The molecule has 20 heteroatoms.